The summed E-state index contributed by atoms with van der Waals surface area (Å²) < 4.78 is 28.0. The quantitative estimate of drug-likeness (QED) is 0.750. The van der Waals surface area contributed by atoms with Gasteiger partial charge >= 0.3 is 0 Å². The van der Waals surface area contributed by atoms with E-state index in [2.05, 4.69) is 18.8 Å². The monoisotopic (exact) mass is 277 g/mol. The Kier molecular flexibility index (Phi) is 5.21. The molecule has 0 radical (unpaired) electrons. The van der Waals surface area contributed by atoms with Crippen LogP contribution >= 0.6 is 10.7 Å². The Morgan fingerprint density at radius 2 is 2.06 bits per heavy atom. The van der Waals surface area contributed by atoms with Crippen molar-refractivity contribution in [2.45, 2.75) is 31.6 Å². The van der Waals surface area contributed by atoms with Crippen molar-refractivity contribution in [2.24, 2.45) is 5.92 Å². The van der Waals surface area contributed by atoms with E-state index < -0.39 is 9.05 Å². The summed E-state index contributed by atoms with van der Waals surface area (Å²) >= 11 is 0. The lowest BCUT2D eigenvalue weighted by Crippen LogP contribution is -2.12. The lowest BCUT2D eigenvalue weighted by atomic mass is 10.1. The third kappa shape index (κ3) is 4.16. The molecule has 0 bridgehead atoms. The second-order valence-electron chi connectivity index (χ2n) is 3.74. The molecule has 4 nitrogen and oxygen atoms in total. The zero-order valence-electron chi connectivity index (χ0n) is 9.89. The van der Waals surface area contributed by atoms with Crippen LogP contribution in [-0.4, -0.2) is 20.0 Å². The van der Waals surface area contributed by atoms with Gasteiger partial charge in [0.05, 0.1) is 6.61 Å². The van der Waals surface area contributed by atoms with Crippen LogP contribution in [0.5, 0.6) is 5.88 Å². The van der Waals surface area contributed by atoms with Crippen LogP contribution in [0.4, 0.5) is 0 Å². The molecule has 0 aromatic carbocycles. The molecule has 17 heavy (non-hydrogen) atoms. The first-order chi connectivity index (χ1) is 7.99. The molecule has 0 spiro atoms. The van der Waals surface area contributed by atoms with Crippen molar-refractivity contribution in [3.05, 3.63) is 18.3 Å². The average Bonchev–Trinajstić information content (AvgIpc) is 2.29. The first kappa shape index (κ1) is 14.3. The molecule has 1 aromatic rings. The van der Waals surface area contributed by atoms with Crippen molar-refractivity contribution in [3.63, 3.8) is 0 Å². The Morgan fingerprint density at radius 3 is 2.59 bits per heavy atom. The van der Waals surface area contributed by atoms with E-state index in [-0.39, 0.29) is 10.8 Å². The van der Waals surface area contributed by atoms with E-state index in [1.807, 2.05) is 0 Å². The van der Waals surface area contributed by atoms with Gasteiger partial charge in [-0.1, -0.05) is 26.7 Å². The van der Waals surface area contributed by atoms with E-state index in [1.54, 1.807) is 0 Å². The number of pyridine rings is 1. The minimum absolute atomic E-state index is 0.0763. The smallest absolute Gasteiger partial charge is 0.266 e. The molecule has 1 rings (SSSR count). The molecule has 0 saturated carbocycles. The summed E-state index contributed by atoms with van der Waals surface area (Å²) in [5.74, 6) is 0.470. The second kappa shape index (κ2) is 6.21. The molecule has 96 valence electrons. The van der Waals surface area contributed by atoms with Gasteiger partial charge in [-0.2, -0.15) is 0 Å². The largest absolute Gasteiger partial charge is 0.476 e. The summed E-state index contributed by atoms with van der Waals surface area (Å²) in [4.78, 5) is 3.82. The number of nitrogens with zero attached hydrogens (tertiary/aromatic N) is 1. The summed E-state index contributed by atoms with van der Waals surface area (Å²) in [6.07, 6.45) is 3.44. The molecule has 0 aliphatic heterocycles. The third-order valence-corrected chi connectivity index (χ3v) is 3.94. The van der Waals surface area contributed by atoms with E-state index in [4.69, 9.17) is 15.4 Å². The first-order valence-electron chi connectivity index (χ1n) is 5.51. The van der Waals surface area contributed by atoms with Gasteiger partial charge in [-0.15, -0.1) is 0 Å². The van der Waals surface area contributed by atoms with Crippen LogP contribution in [0.25, 0.3) is 0 Å². The third-order valence-electron chi connectivity index (χ3n) is 2.61. The average molecular weight is 278 g/mol. The summed E-state index contributed by atoms with van der Waals surface area (Å²) in [6.45, 7) is 4.58. The highest BCUT2D eigenvalue weighted by atomic mass is 35.7. The molecule has 1 heterocycles. The van der Waals surface area contributed by atoms with Crippen molar-refractivity contribution >= 4 is 19.7 Å². The number of rotatable bonds is 6. The van der Waals surface area contributed by atoms with E-state index in [0.29, 0.717) is 12.5 Å². The fourth-order valence-electron chi connectivity index (χ4n) is 1.39. The molecule has 0 atom stereocenters. The van der Waals surface area contributed by atoms with Crippen molar-refractivity contribution in [3.8, 4) is 5.88 Å². The van der Waals surface area contributed by atoms with E-state index >= 15 is 0 Å². The van der Waals surface area contributed by atoms with Gasteiger partial charge in [0.2, 0.25) is 5.88 Å². The van der Waals surface area contributed by atoms with Crippen molar-refractivity contribution in [1.29, 1.82) is 0 Å². The predicted molar refractivity (Wildman–Crippen MR) is 66.8 cm³/mol. The van der Waals surface area contributed by atoms with Gasteiger partial charge in [-0.3, -0.25) is 0 Å². The van der Waals surface area contributed by atoms with Gasteiger partial charge in [0.15, 0.2) is 0 Å². The van der Waals surface area contributed by atoms with Crippen molar-refractivity contribution in [2.75, 3.05) is 6.61 Å². The van der Waals surface area contributed by atoms with Crippen LogP contribution in [0.1, 0.15) is 26.7 Å². The maximum atomic E-state index is 11.3. The van der Waals surface area contributed by atoms with Crippen LogP contribution in [0.3, 0.4) is 0 Å². The van der Waals surface area contributed by atoms with Crippen LogP contribution < -0.4 is 4.74 Å². The molecule has 0 unspecified atom stereocenters. The first-order valence-corrected chi connectivity index (χ1v) is 7.82. The lowest BCUT2D eigenvalue weighted by molar-refractivity contribution is 0.227. The highest BCUT2D eigenvalue weighted by Gasteiger charge is 2.18. The fraction of sp³-hybridized carbons (Fsp3) is 0.545. The molecular weight excluding hydrogens is 262 g/mol. The number of hydrogen-bond acceptors (Lipinski definition) is 4. The molecule has 1 aromatic heterocycles. The zero-order valence-corrected chi connectivity index (χ0v) is 11.5. The molecule has 0 aliphatic rings. The number of aromatic nitrogens is 1. The number of hydrogen-bond donors (Lipinski definition) is 0. The Bertz CT molecular complexity index is 458. The van der Waals surface area contributed by atoms with Crippen LogP contribution in [-0.2, 0) is 9.05 Å². The van der Waals surface area contributed by atoms with Gasteiger partial charge in [-0.25, -0.2) is 13.4 Å². The van der Waals surface area contributed by atoms with Crippen LogP contribution in [0.15, 0.2) is 23.2 Å². The van der Waals surface area contributed by atoms with Crippen LogP contribution in [0.2, 0.25) is 0 Å². The van der Waals surface area contributed by atoms with Gasteiger partial charge in [-0.05, 0) is 18.1 Å². The van der Waals surface area contributed by atoms with Gasteiger partial charge in [0.1, 0.15) is 4.90 Å². The predicted octanol–water partition coefficient (Wildman–Crippen LogP) is 2.82. The topological polar surface area (TPSA) is 56.3 Å². The summed E-state index contributed by atoms with van der Waals surface area (Å²) in [6, 6.07) is 2.90. The molecule has 6 heteroatoms. The highest BCUT2D eigenvalue weighted by Crippen LogP contribution is 2.24. The normalized spacial score (nSPS) is 11.8. The van der Waals surface area contributed by atoms with Crippen molar-refractivity contribution < 1.29 is 13.2 Å². The standard InChI is InChI=1S/C11H16ClNO3S/c1-3-9(4-2)8-16-11-10(17(12,14)15)6-5-7-13-11/h5-7,9H,3-4,8H2,1-2H3. The molecule has 0 amide bonds. The summed E-state index contributed by atoms with van der Waals surface area (Å²) in [5, 5.41) is 0. The Labute approximate surface area is 106 Å². The number of halogens is 1. The lowest BCUT2D eigenvalue weighted by Gasteiger charge is -2.14. The minimum Gasteiger partial charge on any atom is -0.476 e. The van der Waals surface area contributed by atoms with E-state index in [1.165, 1.54) is 18.3 Å². The Balaban J connectivity index is 2.85. The zero-order chi connectivity index (χ0) is 12.9. The number of ether oxygens (including phenoxy) is 1. The Morgan fingerprint density at radius 1 is 1.41 bits per heavy atom. The highest BCUT2D eigenvalue weighted by molar-refractivity contribution is 8.13. The van der Waals surface area contributed by atoms with Gasteiger partial charge in [0, 0.05) is 16.9 Å². The molecule has 0 aliphatic carbocycles. The van der Waals surface area contributed by atoms with E-state index in [9.17, 15) is 8.42 Å². The second-order valence-corrected chi connectivity index (χ2v) is 6.27. The van der Waals surface area contributed by atoms with Gasteiger partial charge < -0.3 is 4.74 Å². The summed E-state index contributed by atoms with van der Waals surface area (Å²) in [7, 11) is 1.49. The Hall–Kier alpha value is -0.810. The molecule has 0 saturated heterocycles. The summed E-state index contributed by atoms with van der Waals surface area (Å²) in [5.41, 5.74) is 0. The molecular formula is C11H16ClNO3S. The van der Waals surface area contributed by atoms with Crippen LogP contribution in [0, 0.1) is 5.92 Å². The van der Waals surface area contributed by atoms with Crippen molar-refractivity contribution in [1.82, 2.24) is 4.98 Å². The minimum atomic E-state index is -3.81. The molecule has 0 fully saturated rings. The maximum absolute atomic E-state index is 11.3. The fourth-order valence-corrected chi connectivity index (χ4v) is 2.30. The SMILES string of the molecule is CCC(CC)COc1ncccc1S(=O)(=O)Cl. The van der Waals surface area contributed by atoms with Gasteiger partial charge in [0.25, 0.3) is 9.05 Å². The maximum Gasteiger partial charge on any atom is 0.266 e. The van der Waals surface area contributed by atoms with E-state index in [0.717, 1.165) is 12.8 Å². The molecule has 0 N–H and O–H groups in total.